The fraction of sp³-hybridized carbons (Fsp3) is 0.100. The Morgan fingerprint density at radius 1 is 0.452 bits per heavy atom. The molecule has 22 heteroatoms. The zero-order valence-corrected chi connectivity index (χ0v) is 37.5. The molecule has 0 saturated carbocycles. The molecule has 0 radical (unpaired) electrons. The number of anilines is 4. The summed E-state index contributed by atoms with van der Waals surface area (Å²) in [5, 5.41) is 26.4. The lowest BCUT2D eigenvalue weighted by Gasteiger charge is -2.15. The van der Waals surface area contributed by atoms with Crippen molar-refractivity contribution in [2.45, 2.75) is 25.9 Å². The topological polar surface area (TPSA) is 200 Å². The molecule has 0 aliphatic carbocycles. The van der Waals surface area contributed by atoms with Crippen molar-refractivity contribution in [3.63, 3.8) is 0 Å². The van der Waals surface area contributed by atoms with Crippen molar-refractivity contribution in [2.75, 3.05) is 21.3 Å². The average molecular weight is 998 g/mol. The first-order valence-corrected chi connectivity index (χ1v) is 20.4. The van der Waals surface area contributed by atoms with Crippen molar-refractivity contribution in [2.24, 2.45) is 20.5 Å². The van der Waals surface area contributed by atoms with Crippen LogP contribution in [-0.4, -0.2) is 47.3 Å². The van der Waals surface area contributed by atoms with Gasteiger partial charge in [0.25, 0.3) is 23.6 Å². The first kappa shape index (κ1) is 47.9. The number of nitrogens with one attached hydrogen (secondary N) is 4. The van der Waals surface area contributed by atoms with Crippen molar-refractivity contribution in [1.82, 2.24) is 0 Å². The molecule has 2 unspecified atom stereocenters. The van der Waals surface area contributed by atoms with Crippen LogP contribution in [0, 0.1) is 0 Å². The Morgan fingerprint density at radius 3 is 1.11 bits per heavy atom. The molecule has 318 valence electrons. The van der Waals surface area contributed by atoms with E-state index in [9.17, 15) is 28.8 Å². The van der Waals surface area contributed by atoms with Crippen LogP contribution in [0.3, 0.4) is 0 Å². The second-order valence-corrected chi connectivity index (χ2v) is 16.1. The van der Waals surface area contributed by atoms with Gasteiger partial charge >= 0.3 is 0 Å². The SMILES string of the molecule is CC(=O)C(N=Nc1cc(Cl)cc(C(=O)Nc2c(Cl)cccc2Cl)c1)C(=O)Nc1cc(Cl)c(NC(=O)C(N=Nc2cc(Cl)cc(C(=O)Nc3c(Cl)cccc3Cl)c2)C(C)=O)cc1Cl. The second kappa shape index (κ2) is 21.3. The number of hydrogen-bond acceptors (Lipinski definition) is 10. The highest BCUT2D eigenvalue weighted by Gasteiger charge is 2.27. The smallest absolute Gasteiger partial charge is 0.258 e. The van der Waals surface area contributed by atoms with Crippen LogP contribution in [0.25, 0.3) is 0 Å². The molecular formula is C40H26Cl8N8O6. The predicted molar refractivity (Wildman–Crippen MR) is 243 cm³/mol. The quantitative estimate of drug-likeness (QED) is 0.0630. The fourth-order valence-electron chi connectivity index (χ4n) is 5.16. The van der Waals surface area contributed by atoms with E-state index >= 15 is 0 Å². The van der Waals surface area contributed by atoms with Crippen molar-refractivity contribution >= 4 is 162 Å². The first-order chi connectivity index (χ1) is 29.3. The van der Waals surface area contributed by atoms with Gasteiger partial charge in [-0.15, -0.1) is 0 Å². The van der Waals surface area contributed by atoms with Crippen molar-refractivity contribution < 1.29 is 28.8 Å². The summed E-state index contributed by atoms with van der Waals surface area (Å²) in [6.07, 6.45) is 0. The minimum atomic E-state index is -1.70. The molecular weight excluding hydrogens is 972 g/mol. The normalized spacial score (nSPS) is 12.2. The molecule has 0 spiro atoms. The fourth-order valence-corrected chi connectivity index (χ4v) is 7.02. The summed E-state index contributed by atoms with van der Waals surface area (Å²) in [7, 11) is 0. The number of hydrogen-bond donors (Lipinski definition) is 4. The first-order valence-electron chi connectivity index (χ1n) is 17.4. The van der Waals surface area contributed by atoms with Gasteiger partial charge in [-0.25, -0.2) is 0 Å². The van der Waals surface area contributed by atoms with Crippen LogP contribution in [0.1, 0.15) is 34.6 Å². The Kier molecular flexibility index (Phi) is 16.4. The monoisotopic (exact) mass is 994 g/mol. The maximum Gasteiger partial charge on any atom is 0.258 e. The molecule has 0 fully saturated rings. The van der Waals surface area contributed by atoms with Gasteiger partial charge in [-0.05, 0) is 86.6 Å². The van der Waals surface area contributed by atoms with Gasteiger partial charge in [0.2, 0.25) is 12.1 Å². The summed E-state index contributed by atoms with van der Waals surface area (Å²) in [4.78, 5) is 77.6. The summed E-state index contributed by atoms with van der Waals surface area (Å²) in [6.45, 7) is 2.20. The molecule has 0 aliphatic heterocycles. The highest BCUT2D eigenvalue weighted by Crippen LogP contribution is 2.35. The molecule has 0 aromatic heterocycles. The summed E-state index contributed by atoms with van der Waals surface area (Å²) >= 11 is 50.0. The van der Waals surface area contributed by atoms with Crippen LogP contribution in [0.4, 0.5) is 34.1 Å². The van der Waals surface area contributed by atoms with Gasteiger partial charge in [-0.1, -0.05) is 105 Å². The Bertz CT molecular complexity index is 2490. The van der Waals surface area contributed by atoms with E-state index in [4.69, 9.17) is 92.8 Å². The lowest BCUT2D eigenvalue weighted by atomic mass is 10.1. The standard InChI is InChI=1S/C40H26Cl8N8O6/c1-17(57)33(55-53-23-11-19(9-21(41)13-23)37(59)51-35-25(43)5-3-6-26(35)44)39(61)49-31-15-30(48)32(16-29(31)47)50-40(62)34(18(2)58)56-54-24-12-20(10-22(42)14-24)38(60)52-36-27(45)7-4-8-28(36)46/h3-16,33-34H,1-2H3,(H,49,61)(H,50,62)(H,51,59)(H,52,60). The average Bonchev–Trinajstić information content (AvgIpc) is 3.19. The number of amides is 4. The lowest BCUT2D eigenvalue weighted by Crippen LogP contribution is -2.32. The number of rotatable bonds is 14. The highest BCUT2D eigenvalue weighted by molar-refractivity contribution is 6.41. The van der Waals surface area contributed by atoms with Crippen LogP contribution >= 0.6 is 92.8 Å². The van der Waals surface area contributed by atoms with E-state index in [2.05, 4.69) is 41.7 Å². The van der Waals surface area contributed by atoms with Gasteiger partial charge in [0.15, 0.2) is 11.6 Å². The maximum atomic E-state index is 13.3. The van der Waals surface area contributed by atoms with E-state index in [1.165, 1.54) is 72.8 Å². The number of para-hydroxylation sites is 2. The number of halogens is 8. The molecule has 14 nitrogen and oxygen atoms in total. The third kappa shape index (κ3) is 12.5. The molecule has 0 saturated heterocycles. The van der Waals surface area contributed by atoms with E-state index in [0.717, 1.165) is 13.8 Å². The Balaban J connectivity index is 1.27. The van der Waals surface area contributed by atoms with E-state index in [1.54, 1.807) is 12.1 Å². The maximum absolute atomic E-state index is 13.3. The molecule has 5 aromatic carbocycles. The van der Waals surface area contributed by atoms with Gasteiger partial charge in [-0.2, -0.15) is 20.5 Å². The molecule has 0 heterocycles. The minimum absolute atomic E-state index is 0.0246. The van der Waals surface area contributed by atoms with Crippen molar-refractivity contribution in [3.05, 3.63) is 136 Å². The molecule has 5 aromatic rings. The van der Waals surface area contributed by atoms with Crippen LogP contribution in [-0.2, 0) is 19.2 Å². The lowest BCUT2D eigenvalue weighted by molar-refractivity contribution is -0.127. The van der Waals surface area contributed by atoms with Crippen molar-refractivity contribution in [3.8, 4) is 0 Å². The molecule has 4 amide bonds. The zero-order chi connectivity index (χ0) is 45.4. The molecule has 5 rings (SSSR count). The Hall–Kier alpha value is -5.16. The largest absolute Gasteiger partial charge is 0.322 e. The molecule has 62 heavy (non-hydrogen) atoms. The van der Waals surface area contributed by atoms with Gasteiger partial charge < -0.3 is 21.3 Å². The minimum Gasteiger partial charge on any atom is -0.322 e. The third-order valence-electron chi connectivity index (χ3n) is 8.11. The summed E-state index contributed by atoms with van der Waals surface area (Å²) in [5.74, 6) is -4.62. The van der Waals surface area contributed by atoms with E-state index in [0.29, 0.717) is 0 Å². The Labute approximate surface area is 392 Å². The molecule has 2 atom stereocenters. The van der Waals surface area contributed by atoms with Gasteiger partial charge in [0.1, 0.15) is 0 Å². The number of carbonyl (C=O) groups is 6. The number of nitrogens with zero attached hydrogens (tertiary/aromatic N) is 4. The van der Waals surface area contributed by atoms with Crippen LogP contribution in [0.2, 0.25) is 40.2 Å². The number of carbonyl (C=O) groups excluding carboxylic acids is 6. The molecule has 0 aliphatic rings. The molecule has 4 N–H and O–H groups in total. The van der Waals surface area contributed by atoms with Crippen LogP contribution in [0.5, 0.6) is 0 Å². The number of azo groups is 2. The van der Waals surface area contributed by atoms with E-state index < -0.39 is 47.3 Å². The Morgan fingerprint density at radius 2 is 0.790 bits per heavy atom. The number of benzene rings is 5. The number of Topliss-reactive ketones (excluding diaryl/α,β-unsaturated/α-hetero) is 2. The molecule has 0 bridgehead atoms. The predicted octanol–water partition coefficient (Wildman–Crippen LogP) is 12.8. The third-order valence-corrected chi connectivity index (χ3v) is 10.4. The van der Waals surface area contributed by atoms with E-state index in [-0.39, 0.29) is 85.4 Å². The second-order valence-electron chi connectivity index (χ2n) is 12.7. The van der Waals surface area contributed by atoms with E-state index in [1.807, 2.05) is 0 Å². The van der Waals surface area contributed by atoms with Crippen LogP contribution < -0.4 is 21.3 Å². The van der Waals surface area contributed by atoms with Crippen molar-refractivity contribution in [1.29, 1.82) is 0 Å². The zero-order valence-electron chi connectivity index (χ0n) is 31.5. The van der Waals surface area contributed by atoms with Gasteiger partial charge in [0.05, 0.1) is 64.3 Å². The summed E-state index contributed by atoms with van der Waals surface area (Å²) in [6, 6.07) is 16.3. The highest BCUT2D eigenvalue weighted by atomic mass is 35.5. The van der Waals surface area contributed by atoms with Gasteiger partial charge in [-0.3, -0.25) is 28.8 Å². The van der Waals surface area contributed by atoms with Crippen LogP contribution in [0.15, 0.2) is 105 Å². The summed E-state index contributed by atoms with van der Waals surface area (Å²) < 4.78 is 0. The van der Waals surface area contributed by atoms with Gasteiger partial charge in [0, 0.05) is 21.2 Å². The summed E-state index contributed by atoms with van der Waals surface area (Å²) in [5.41, 5.74) is 0.303. The number of ketones is 2.